The van der Waals surface area contributed by atoms with Crippen LogP contribution in [0, 0.1) is 5.92 Å². The topological polar surface area (TPSA) is 56.6 Å². The quantitative estimate of drug-likeness (QED) is 0.555. The average Bonchev–Trinajstić information content (AvgIpc) is 3.14. The second-order valence-corrected chi connectivity index (χ2v) is 6.97. The number of amides is 1. The van der Waals surface area contributed by atoms with Crippen LogP contribution in [-0.2, 0) is 21.0 Å². The normalized spacial score (nSPS) is 21.1. The first kappa shape index (κ1) is 18.9. The lowest BCUT2D eigenvalue weighted by Crippen LogP contribution is -2.41. The fraction of sp³-hybridized carbons (Fsp3) is 0.600. The SMILES string of the molecule is COCCOCn1ccnc1C1CCN(C(=O)C2C=CCC=C2C)CC1. The van der Waals surface area contributed by atoms with Crippen molar-refractivity contribution in [1.82, 2.24) is 14.5 Å². The molecule has 142 valence electrons. The molecule has 1 aromatic heterocycles. The fourth-order valence-corrected chi connectivity index (χ4v) is 3.67. The number of carbonyl (C=O) groups is 1. The third-order valence-electron chi connectivity index (χ3n) is 5.24. The maximum absolute atomic E-state index is 12.8. The Morgan fingerprint density at radius 2 is 2.12 bits per heavy atom. The number of nitrogens with zero attached hydrogens (tertiary/aromatic N) is 3. The molecule has 0 bridgehead atoms. The number of imidazole rings is 1. The highest BCUT2D eigenvalue weighted by atomic mass is 16.5. The number of aromatic nitrogens is 2. The van der Waals surface area contributed by atoms with Gasteiger partial charge in [-0.25, -0.2) is 4.98 Å². The molecular weight excluding hydrogens is 330 g/mol. The van der Waals surface area contributed by atoms with Gasteiger partial charge < -0.3 is 18.9 Å². The predicted octanol–water partition coefficient (Wildman–Crippen LogP) is 2.73. The fourth-order valence-electron chi connectivity index (χ4n) is 3.67. The molecule has 2 aliphatic rings. The van der Waals surface area contributed by atoms with E-state index in [1.165, 1.54) is 5.57 Å². The number of carbonyl (C=O) groups excluding carboxylic acids is 1. The Morgan fingerprint density at radius 3 is 2.85 bits per heavy atom. The van der Waals surface area contributed by atoms with Crippen LogP contribution in [0.5, 0.6) is 0 Å². The largest absolute Gasteiger partial charge is 0.382 e. The summed E-state index contributed by atoms with van der Waals surface area (Å²) in [5, 5.41) is 0. The number of rotatable bonds is 7. The van der Waals surface area contributed by atoms with Crippen LogP contribution in [0.3, 0.4) is 0 Å². The first-order chi connectivity index (χ1) is 12.7. The van der Waals surface area contributed by atoms with Gasteiger partial charge in [0.05, 0.1) is 19.1 Å². The monoisotopic (exact) mass is 359 g/mol. The van der Waals surface area contributed by atoms with E-state index in [-0.39, 0.29) is 11.8 Å². The van der Waals surface area contributed by atoms with E-state index in [0.717, 1.165) is 38.2 Å². The maximum Gasteiger partial charge on any atom is 0.233 e. The molecule has 0 saturated carbocycles. The Balaban J connectivity index is 1.53. The summed E-state index contributed by atoms with van der Waals surface area (Å²) in [5.74, 6) is 1.60. The van der Waals surface area contributed by atoms with E-state index in [1.54, 1.807) is 7.11 Å². The van der Waals surface area contributed by atoms with E-state index in [9.17, 15) is 4.79 Å². The van der Waals surface area contributed by atoms with Gasteiger partial charge in [0.25, 0.3) is 0 Å². The summed E-state index contributed by atoms with van der Waals surface area (Å²) in [6.45, 7) is 5.29. The van der Waals surface area contributed by atoms with E-state index >= 15 is 0 Å². The summed E-state index contributed by atoms with van der Waals surface area (Å²) >= 11 is 0. The zero-order valence-electron chi connectivity index (χ0n) is 15.8. The molecule has 0 N–H and O–H groups in total. The molecule has 1 fully saturated rings. The van der Waals surface area contributed by atoms with Crippen LogP contribution in [-0.4, -0.2) is 53.8 Å². The van der Waals surface area contributed by atoms with Gasteiger partial charge in [0.15, 0.2) is 0 Å². The molecule has 2 heterocycles. The number of piperidine rings is 1. The van der Waals surface area contributed by atoms with Crippen LogP contribution in [0.4, 0.5) is 0 Å². The van der Waals surface area contributed by atoms with Gasteiger partial charge in [-0.3, -0.25) is 4.79 Å². The highest BCUT2D eigenvalue weighted by molar-refractivity contribution is 5.83. The molecule has 1 atom stereocenters. The van der Waals surface area contributed by atoms with Crippen LogP contribution < -0.4 is 0 Å². The Labute approximate surface area is 155 Å². The standard InChI is InChI=1S/C20H29N3O3/c1-16-5-3-4-6-18(16)20(24)22-10-7-17(8-11-22)19-21-9-12-23(19)15-26-14-13-25-2/h4-6,9,12,17-18H,3,7-8,10-11,13-15H2,1-2H3. The lowest BCUT2D eigenvalue weighted by molar-refractivity contribution is -0.134. The number of hydrogen-bond donors (Lipinski definition) is 0. The van der Waals surface area contributed by atoms with E-state index in [1.807, 2.05) is 23.4 Å². The minimum atomic E-state index is -0.0727. The molecule has 1 unspecified atom stereocenters. The number of ether oxygens (including phenoxy) is 2. The minimum absolute atomic E-state index is 0.0727. The van der Waals surface area contributed by atoms with Crippen molar-refractivity contribution >= 4 is 5.91 Å². The van der Waals surface area contributed by atoms with Crippen molar-refractivity contribution in [3.8, 4) is 0 Å². The van der Waals surface area contributed by atoms with Crippen molar-refractivity contribution in [2.75, 3.05) is 33.4 Å². The molecule has 1 aromatic rings. The van der Waals surface area contributed by atoms with Crippen LogP contribution in [0.25, 0.3) is 0 Å². The van der Waals surface area contributed by atoms with Crippen LogP contribution >= 0.6 is 0 Å². The molecule has 0 radical (unpaired) electrons. The Bertz CT molecular complexity index is 657. The molecular formula is C20H29N3O3. The number of likely N-dealkylation sites (tertiary alicyclic amines) is 1. The first-order valence-electron chi connectivity index (χ1n) is 9.40. The molecule has 1 amide bonds. The Morgan fingerprint density at radius 1 is 1.31 bits per heavy atom. The number of allylic oxidation sites excluding steroid dienone is 2. The van der Waals surface area contributed by atoms with Gasteiger partial charge in [-0.1, -0.05) is 23.8 Å². The van der Waals surface area contributed by atoms with Gasteiger partial charge in [0.1, 0.15) is 12.6 Å². The third-order valence-corrected chi connectivity index (χ3v) is 5.24. The Hall–Kier alpha value is -1.92. The summed E-state index contributed by atoms with van der Waals surface area (Å²) < 4.78 is 12.7. The smallest absolute Gasteiger partial charge is 0.233 e. The highest BCUT2D eigenvalue weighted by Crippen LogP contribution is 2.29. The van der Waals surface area contributed by atoms with Gasteiger partial charge in [-0.2, -0.15) is 0 Å². The van der Waals surface area contributed by atoms with Crippen molar-refractivity contribution in [3.63, 3.8) is 0 Å². The van der Waals surface area contributed by atoms with Crippen LogP contribution in [0.1, 0.15) is 37.9 Å². The molecule has 26 heavy (non-hydrogen) atoms. The van der Waals surface area contributed by atoms with Gasteiger partial charge in [-0.05, 0) is 26.2 Å². The molecule has 0 aromatic carbocycles. The lowest BCUT2D eigenvalue weighted by atomic mass is 9.90. The highest BCUT2D eigenvalue weighted by Gasteiger charge is 2.30. The summed E-state index contributed by atoms with van der Waals surface area (Å²) in [6, 6.07) is 0. The van der Waals surface area contributed by atoms with Gasteiger partial charge in [-0.15, -0.1) is 0 Å². The summed E-state index contributed by atoms with van der Waals surface area (Å²) in [6.07, 6.45) is 12.9. The molecule has 6 heteroatoms. The average molecular weight is 359 g/mol. The molecule has 0 spiro atoms. The van der Waals surface area contributed by atoms with Crippen molar-refractivity contribution in [1.29, 1.82) is 0 Å². The summed E-state index contributed by atoms with van der Waals surface area (Å²) in [4.78, 5) is 19.4. The molecule has 6 nitrogen and oxygen atoms in total. The summed E-state index contributed by atoms with van der Waals surface area (Å²) in [7, 11) is 1.67. The number of hydrogen-bond acceptors (Lipinski definition) is 4. The molecule has 3 rings (SSSR count). The first-order valence-corrected chi connectivity index (χ1v) is 9.40. The molecule has 1 aliphatic carbocycles. The van der Waals surface area contributed by atoms with Gasteiger partial charge >= 0.3 is 0 Å². The van der Waals surface area contributed by atoms with Crippen molar-refractivity contribution in [2.45, 2.75) is 38.8 Å². The maximum atomic E-state index is 12.8. The lowest BCUT2D eigenvalue weighted by Gasteiger charge is -2.34. The zero-order valence-corrected chi connectivity index (χ0v) is 15.8. The predicted molar refractivity (Wildman–Crippen MR) is 99.6 cm³/mol. The van der Waals surface area contributed by atoms with Crippen molar-refractivity contribution < 1.29 is 14.3 Å². The minimum Gasteiger partial charge on any atom is -0.382 e. The second kappa shape index (κ2) is 9.14. The number of methoxy groups -OCH3 is 1. The zero-order chi connectivity index (χ0) is 18.4. The second-order valence-electron chi connectivity index (χ2n) is 6.97. The van der Waals surface area contributed by atoms with E-state index in [2.05, 4.69) is 28.6 Å². The van der Waals surface area contributed by atoms with Gasteiger partial charge in [0.2, 0.25) is 5.91 Å². The molecule has 1 aliphatic heterocycles. The van der Waals surface area contributed by atoms with Crippen LogP contribution in [0.2, 0.25) is 0 Å². The molecule has 1 saturated heterocycles. The van der Waals surface area contributed by atoms with E-state index in [4.69, 9.17) is 9.47 Å². The van der Waals surface area contributed by atoms with E-state index in [0.29, 0.717) is 25.9 Å². The van der Waals surface area contributed by atoms with Crippen LogP contribution in [0.15, 0.2) is 36.2 Å². The Kier molecular flexibility index (Phi) is 6.63. The third kappa shape index (κ3) is 4.43. The van der Waals surface area contributed by atoms with E-state index < -0.39 is 0 Å². The van der Waals surface area contributed by atoms with Crippen molar-refractivity contribution in [2.24, 2.45) is 5.92 Å². The van der Waals surface area contributed by atoms with Crippen molar-refractivity contribution in [3.05, 3.63) is 42.0 Å². The summed E-state index contributed by atoms with van der Waals surface area (Å²) in [5.41, 5.74) is 1.17. The van der Waals surface area contributed by atoms with Gasteiger partial charge in [0, 0.05) is 38.5 Å².